The number of benzene rings is 2. The summed E-state index contributed by atoms with van der Waals surface area (Å²) < 4.78 is 2.25. The molecule has 27 heavy (non-hydrogen) atoms. The van der Waals surface area contributed by atoms with E-state index in [0.29, 0.717) is 0 Å². The van der Waals surface area contributed by atoms with Gasteiger partial charge in [0.2, 0.25) is 0 Å². The molecule has 1 heterocycles. The van der Waals surface area contributed by atoms with Gasteiger partial charge < -0.3 is 0 Å². The molecule has 0 amide bonds. The second-order valence-electron chi connectivity index (χ2n) is 9.15. The second kappa shape index (κ2) is 6.84. The second-order valence-corrected chi connectivity index (χ2v) is 9.15. The first-order chi connectivity index (χ1) is 12.6. The summed E-state index contributed by atoms with van der Waals surface area (Å²) in [6.07, 6.45) is 5.85. The van der Waals surface area contributed by atoms with Crippen LogP contribution in [0.2, 0.25) is 0 Å². The Bertz CT molecular complexity index is 930. The highest BCUT2D eigenvalue weighted by Crippen LogP contribution is 2.38. The van der Waals surface area contributed by atoms with Crippen LogP contribution in [0.4, 0.5) is 0 Å². The summed E-state index contributed by atoms with van der Waals surface area (Å²) in [5.41, 5.74) is 6.16. The Kier molecular flexibility index (Phi) is 4.86. The molecule has 0 unspecified atom stereocenters. The van der Waals surface area contributed by atoms with Crippen molar-refractivity contribution in [2.24, 2.45) is 0 Å². The van der Waals surface area contributed by atoms with Crippen LogP contribution in [0.3, 0.4) is 0 Å². The molecule has 2 heteroatoms. The Morgan fingerprint density at radius 3 is 2.04 bits per heavy atom. The van der Waals surface area contributed by atoms with Crippen molar-refractivity contribution in [2.45, 2.75) is 52.4 Å². The summed E-state index contributed by atoms with van der Waals surface area (Å²) in [5.74, 6) is 0.959. The minimum atomic E-state index is 0.0289. The lowest BCUT2D eigenvalue weighted by Crippen LogP contribution is -2.22. The molecule has 3 rings (SSSR count). The van der Waals surface area contributed by atoms with E-state index in [9.17, 15) is 0 Å². The number of rotatable bonds is 3. The molecule has 0 aliphatic carbocycles. The smallest absolute Gasteiger partial charge is 0.144 e. The predicted molar refractivity (Wildman–Crippen MR) is 116 cm³/mol. The molecule has 0 radical (unpaired) electrons. The van der Waals surface area contributed by atoms with E-state index in [2.05, 4.69) is 101 Å². The lowest BCUT2D eigenvalue weighted by atomic mass is 9.78. The number of para-hydroxylation sites is 1. The van der Waals surface area contributed by atoms with Crippen molar-refractivity contribution in [3.63, 3.8) is 0 Å². The van der Waals surface area contributed by atoms with Gasteiger partial charge in [-0.05, 0) is 33.6 Å². The Balaban J connectivity index is 2.33. The van der Waals surface area contributed by atoms with E-state index in [1.807, 2.05) is 12.3 Å². The summed E-state index contributed by atoms with van der Waals surface area (Å²) in [6, 6.07) is 15.0. The van der Waals surface area contributed by atoms with Crippen LogP contribution in [0.1, 0.15) is 58.2 Å². The van der Waals surface area contributed by atoms with Crippen molar-refractivity contribution in [2.75, 3.05) is 0 Å². The van der Waals surface area contributed by atoms with Gasteiger partial charge in [-0.3, -0.25) is 4.57 Å². The predicted octanol–water partition coefficient (Wildman–Crippen LogP) is 6.78. The third kappa shape index (κ3) is 3.75. The minimum Gasteiger partial charge on any atom is -0.299 e. The fourth-order valence-corrected chi connectivity index (χ4v) is 3.52. The average molecular weight is 359 g/mol. The summed E-state index contributed by atoms with van der Waals surface area (Å²) in [5, 5.41) is 0. The summed E-state index contributed by atoms with van der Waals surface area (Å²) >= 11 is 0. The maximum absolute atomic E-state index is 4.71. The monoisotopic (exact) mass is 358 g/mol. The zero-order chi connectivity index (χ0) is 19.8. The van der Waals surface area contributed by atoms with Gasteiger partial charge in [0, 0.05) is 18.0 Å². The molecule has 0 aliphatic rings. The van der Waals surface area contributed by atoms with E-state index in [4.69, 9.17) is 4.98 Å². The van der Waals surface area contributed by atoms with E-state index in [1.54, 1.807) is 0 Å². The van der Waals surface area contributed by atoms with Crippen LogP contribution < -0.4 is 0 Å². The minimum absolute atomic E-state index is 0.0289. The molecular weight excluding hydrogens is 328 g/mol. The van der Waals surface area contributed by atoms with E-state index in [-0.39, 0.29) is 10.8 Å². The van der Waals surface area contributed by atoms with Crippen LogP contribution in [0.15, 0.2) is 61.4 Å². The highest BCUT2D eigenvalue weighted by atomic mass is 15.1. The average Bonchev–Trinajstić information content (AvgIpc) is 3.09. The van der Waals surface area contributed by atoms with Gasteiger partial charge in [-0.25, -0.2) is 4.98 Å². The molecule has 0 aliphatic heterocycles. The molecular formula is C25H30N2. The van der Waals surface area contributed by atoms with Gasteiger partial charge in [-0.15, -0.1) is 0 Å². The highest BCUT2D eigenvalue weighted by Gasteiger charge is 2.27. The lowest BCUT2D eigenvalue weighted by molar-refractivity contribution is 0.562. The van der Waals surface area contributed by atoms with Gasteiger partial charge in [0.25, 0.3) is 0 Å². The van der Waals surface area contributed by atoms with Crippen LogP contribution in [0.25, 0.3) is 23.2 Å². The van der Waals surface area contributed by atoms with Crippen LogP contribution in [-0.2, 0) is 10.8 Å². The fourth-order valence-electron chi connectivity index (χ4n) is 3.52. The van der Waals surface area contributed by atoms with Crippen LogP contribution in [0.5, 0.6) is 0 Å². The maximum atomic E-state index is 4.71. The van der Waals surface area contributed by atoms with Crippen LogP contribution in [0, 0.1) is 0 Å². The third-order valence-electron chi connectivity index (χ3n) is 4.91. The van der Waals surface area contributed by atoms with Crippen molar-refractivity contribution >= 4 is 6.08 Å². The van der Waals surface area contributed by atoms with Gasteiger partial charge in [0.05, 0.1) is 5.69 Å². The summed E-state index contributed by atoms with van der Waals surface area (Å²) in [6.45, 7) is 17.5. The Labute approximate surface area is 163 Å². The Hall–Kier alpha value is -2.61. The van der Waals surface area contributed by atoms with Gasteiger partial charge in [-0.1, -0.05) is 90.6 Å². The SMILES string of the molecule is C=Cc1cccc(-c2nccn2-c2c(C(C)(C)C)cccc2C(C)(C)C)c1. The van der Waals surface area contributed by atoms with Gasteiger partial charge >= 0.3 is 0 Å². The molecule has 0 atom stereocenters. The summed E-state index contributed by atoms with van der Waals surface area (Å²) in [7, 11) is 0. The highest BCUT2D eigenvalue weighted by molar-refractivity contribution is 5.66. The molecule has 2 aromatic carbocycles. The van der Waals surface area contributed by atoms with E-state index < -0.39 is 0 Å². The molecule has 0 bridgehead atoms. The third-order valence-corrected chi connectivity index (χ3v) is 4.91. The molecule has 0 fully saturated rings. The maximum Gasteiger partial charge on any atom is 0.144 e. The van der Waals surface area contributed by atoms with E-state index in [1.165, 1.54) is 16.8 Å². The number of hydrogen-bond donors (Lipinski definition) is 0. The molecule has 3 aromatic rings. The normalized spacial score (nSPS) is 12.2. The van der Waals surface area contributed by atoms with E-state index >= 15 is 0 Å². The molecule has 0 saturated carbocycles. The van der Waals surface area contributed by atoms with Crippen LogP contribution >= 0.6 is 0 Å². The van der Waals surface area contributed by atoms with Gasteiger partial charge in [0.1, 0.15) is 5.82 Å². The topological polar surface area (TPSA) is 17.8 Å². The quantitative estimate of drug-likeness (QED) is 0.505. The first kappa shape index (κ1) is 19.2. The zero-order valence-corrected chi connectivity index (χ0v) is 17.4. The van der Waals surface area contributed by atoms with Crippen molar-refractivity contribution in [3.8, 4) is 17.1 Å². The summed E-state index contributed by atoms with van der Waals surface area (Å²) in [4.78, 5) is 4.71. The first-order valence-corrected chi connectivity index (χ1v) is 9.53. The molecule has 0 spiro atoms. The lowest BCUT2D eigenvalue weighted by Gasteiger charge is -2.31. The molecule has 2 nitrogen and oxygen atoms in total. The standard InChI is InChI=1S/C25H30N2/c1-8-18-11-9-12-19(17-18)23-26-15-16-27(23)22-20(24(2,3)4)13-10-14-21(22)25(5,6)7/h8-17H,1H2,2-7H3. The number of nitrogens with zero attached hydrogens (tertiary/aromatic N) is 2. The molecule has 140 valence electrons. The van der Waals surface area contributed by atoms with Crippen molar-refractivity contribution < 1.29 is 0 Å². The zero-order valence-electron chi connectivity index (χ0n) is 17.4. The van der Waals surface area contributed by atoms with Gasteiger partial charge in [-0.2, -0.15) is 0 Å². The van der Waals surface area contributed by atoms with Gasteiger partial charge in [0.15, 0.2) is 0 Å². The Morgan fingerprint density at radius 2 is 1.48 bits per heavy atom. The Morgan fingerprint density at radius 1 is 0.889 bits per heavy atom. The number of aromatic nitrogens is 2. The van der Waals surface area contributed by atoms with Crippen molar-refractivity contribution in [1.29, 1.82) is 0 Å². The molecule has 0 N–H and O–H groups in total. The molecule has 1 aromatic heterocycles. The van der Waals surface area contributed by atoms with Crippen molar-refractivity contribution in [1.82, 2.24) is 9.55 Å². The number of imidazole rings is 1. The fraction of sp³-hybridized carbons (Fsp3) is 0.320. The first-order valence-electron chi connectivity index (χ1n) is 9.53. The largest absolute Gasteiger partial charge is 0.299 e. The number of hydrogen-bond acceptors (Lipinski definition) is 1. The van der Waals surface area contributed by atoms with Crippen LogP contribution in [-0.4, -0.2) is 9.55 Å². The van der Waals surface area contributed by atoms with Crippen molar-refractivity contribution in [3.05, 3.63) is 78.1 Å². The molecule has 0 saturated heterocycles. The van der Waals surface area contributed by atoms with E-state index in [0.717, 1.165) is 17.0 Å².